The van der Waals surface area contributed by atoms with Gasteiger partial charge in [0, 0.05) is 62.5 Å². The number of carboxylic acids is 1. The Labute approximate surface area is 196 Å². The van der Waals surface area contributed by atoms with E-state index < -0.39 is 43.0 Å². The molecule has 0 aromatic carbocycles. The number of hydrogen-bond donors (Lipinski definition) is 2. The molecule has 2 fully saturated rings. The Morgan fingerprint density at radius 2 is 1.77 bits per heavy atom. The number of nitrogens with zero attached hydrogens (tertiary/aromatic N) is 4. The predicted molar refractivity (Wildman–Crippen MR) is 118 cm³/mol. The normalized spacial score (nSPS) is 24.5. The van der Waals surface area contributed by atoms with E-state index in [2.05, 4.69) is 9.97 Å². The Morgan fingerprint density at radius 1 is 1.10 bits per heavy atom. The number of piperazine rings is 1. The molecule has 0 spiro atoms. The summed E-state index contributed by atoms with van der Waals surface area (Å²) in [5.74, 6) is -1.59. The first-order valence-corrected chi connectivity index (χ1v) is 9.85. The molecule has 9 heteroatoms. The van der Waals surface area contributed by atoms with E-state index in [-0.39, 0.29) is 51.4 Å². The third-order valence-corrected chi connectivity index (χ3v) is 5.38. The Hall–Kier alpha value is -1.93. The van der Waals surface area contributed by atoms with Crippen molar-refractivity contribution in [1.82, 2.24) is 20.2 Å². The van der Waals surface area contributed by atoms with Gasteiger partial charge < -0.3 is 15.3 Å². The van der Waals surface area contributed by atoms with E-state index in [1.807, 2.05) is 5.32 Å². The number of aromatic nitrogens is 2. The molecule has 2 heterocycles. The summed E-state index contributed by atoms with van der Waals surface area (Å²) in [6.45, 7) is -5.71. The van der Waals surface area contributed by atoms with Crippen molar-refractivity contribution in [2.24, 2.45) is 5.41 Å². The van der Waals surface area contributed by atoms with Gasteiger partial charge in [0.1, 0.15) is 0 Å². The molecule has 1 saturated carbocycles. The average Bonchev–Trinajstić information content (AvgIpc) is 3.25. The highest BCUT2D eigenvalue weighted by Gasteiger charge is 2.37. The van der Waals surface area contributed by atoms with Gasteiger partial charge in [-0.1, -0.05) is 12.8 Å². The zero-order valence-electron chi connectivity index (χ0n) is 24.8. The molecule has 3 rings (SSSR count). The van der Waals surface area contributed by atoms with Gasteiger partial charge in [-0.05, 0) is 43.6 Å². The van der Waals surface area contributed by atoms with E-state index >= 15 is 0 Å². The van der Waals surface area contributed by atoms with Crippen LogP contribution in [0.15, 0.2) is 18.5 Å². The average molecular weight is 448 g/mol. The maximum absolute atomic E-state index is 12.7. The maximum atomic E-state index is 12.7. The number of nitrogens with one attached hydrogen (secondary N) is 1. The number of amides is 1. The molecule has 0 atom stereocenters. The SMILES string of the molecule is Cl.[2H]C([2H])(NC(=O)CC1(CC(=O)O)CCCC1)C([2H])([2H])C([2H])([2H])C([2H])([2H])N1CCN(c2ncccn2)CC1. The Bertz CT molecular complexity index is 975. The minimum atomic E-state index is -3.49. The molecule has 2 aliphatic rings. The van der Waals surface area contributed by atoms with E-state index in [0.29, 0.717) is 18.8 Å². The van der Waals surface area contributed by atoms with Gasteiger partial charge in [-0.25, -0.2) is 9.97 Å². The van der Waals surface area contributed by atoms with Crippen LogP contribution in [0.5, 0.6) is 0 Å². The molecule has 0 bridgehead atoms. The van der Waals surface area contributed by atoms with Gasteiger partial charge in [-0.2, -0.15) is 0 Å². The molecular weight excluding hydrogens is 406 g/mol. The summed E-state index contributed by atoms with van der Waals surface area (Å²) in [5, 5.41) is 11.2. The molecule has 8 nitrogen and oxygen atoms in total. The van der Waals surface area contributed by atoms with Crippen molar-refractivity contribution < 1.29 is 25.7 Å². The highest BCUT2D eigenvalue weighted by Crippen LogP contribution is 2.43. The van der Waals surface area contributed by atoms with E-state index in [1.165, 1.54) is 0 Å². The summed E-state index contributed by atoms with van der Waals surface area (Å²) >= 11 is 0. The zero-order chi connectivity index (χ0) is 27.7. The van der Waals surface area contributed by atoms with Crippen LogP contribution in [0.25, 0.3) is 0 Å². The van der Waals surface area contributed by atoms with Crippen LogP contribution in [0.3, 0.4) is 0 Å². The predicted octanol–water partition coefficient (Wildman–Crippen LogP) is 2.34. The number of carboxylic acid groups (broad SMARTS) is 1. The lowest BCUT2D eigenvalue weighted by molar-refractivity contribution is -0.140. The van der Waals surface area contributed by atoms with E-state index in [9.17, 15) is 14.7 Å². The van der Waals surface area contributed by atoms with Crippen molar-refractivity contribution in [1.29, 1.82) is 0 Å². The molecule has 30 heavy (non-hydrogen) atoms. The van der Waals surface area contributed by atoms with Gasteiger partial charge in [-0.15, -0.1) is 12.4 Å². The smallest absolute Gasteiger partial charge is 0.303 e. The summed E-state index contributed by atoms with van der Waals surface area (Å²) < 4.78 is 66.9. The van der Waals surface area contributed by atoms with Crippen molar-refractivity contribution in [2.75, 3.05) is 44.1 Å². The molecule has 2 N–H and O–H groups in total. The molecule has 1 aliphatic heterocycles. The number of rotatable bonds is 10. The Morgan fingerprint density at radius 3 is 2.40 bits per heavy atom. The van der Waals surface area contributed by atoms with Gasteiger partial charge in [0.25, 0.3) is 0 Å². The molecule has 1 aliphatic carbocycles. The summed E-state index contributed by atoms with van der Waals surface area (Å²) in [5.41, 5.74) is -0.867. The highest BCUT2D eigenvalue weighted by molar-refractivity contribution is 5.85. The molecule has 1 saturated heterocycles. The van der Waals surface area contributed by atoms with Crippen molar-refractivity contribution in [3.8, 4) is 0 Å². The largest absolute Gasteiger partial charge is 0.481 e. The highest BCUT2D eigenvalue weighted by atomic mass is 35.5. The van der Waals surface area contributed by atoms with E-state index in [1.54, 1.807) is 23.4 Å². The first kappa shape index (κ1) is 15.0. The number of halogens is 1. The number of carbonyl (C=O) groups is 2. The van der Waals surface area contributed by atoms with Crippen LogP contribution in [0.1, 0.15) is 62.2 Å². The second-order valence-corrected chi connectivity index (χ2v) is 7.51. The van der Waals surface area contributed by atoms with Crippen LogP contribution in [-0.2, 0) is 9.59 Å². The lowest BCUT2D eigenvalue weighted by Gasteiger charge is -2.34. The van der Waals surface area contributed by atoms with Crippen LogP contribution in [0.2, 0.25) is 0 Å². The number of carbonyl (C=O) groups excluding carboxylic acids is 1. The van der Waals surface area contributed by atoms with Crippen molar-refractivity contribution >= 4 is 30.2 Å². The van der Waals surface area contributed by atoms with Crippen LogP contribution in [0, 0.1) is 5.41 Å². The zero-order valence-corrected chi connectivity index (χ0v) is 17.6. The fourth-order valence-corrected chi connectivity index (χ4v) is 3.96. The van der Waals surface area contributed by atoms with Crippen LogP contribution >= 0.6 is 12.4 Å². The number of anilines is 1. The van der Waals surface area contributed by atoms with Crippen molar-refractivity contribution in [3.05, 3.63) is 18.5 Å². The lowest BCUT2D eigenvalue weighted by Crippen LogP contribution is -2.47. The number of aliphatic carboxylic acids is 1. The summed E-state index contributed by atoms with van der Waals surface area (Å²) in [6, 6.07) is 1.65. The molecule has 1 aromatic heterocycles. The van der Waals surface area contributed by atoms with Gasteiger partial charge in [0.15, 0.2) is 0 Å². The second-order valence-electron chi connectivity index (χ2n) is 7.51. The fraction of sp³-hybridized carbons (Fsp3) is 0.714. The topological polar surface area (TPSA) is 98.7 Å². The Kier molecular flexibility index (Phi) is 6.01. The quantitative estimate of drug-likeness (QED) is 0.567. The molecule has 0 radical (unpaired) electrons. The fourth-order valence-electron chi connectivity index (χ4n) is 3.96. The molecule has 168 valence electrons. The van der Waals surface area contributed by atoms with Gasteiger partial charge in [-0.3, -0.25) is 14.5 Å². The second kappa shape index (κ2) is 12.1. The Balaban J connectivity index is 0.00000507. The molecule has 1 aromatic rings. The van der Waals surface area contributed by atoms with Gasteiger partial charge in [0.05, 0.1) is 6.42 Å². The molecule has 1 amide bonds. The van der Waals surface area contributed by atoms with Crippen molar-refractivity contribution in [2.45, 2.75) is 51.3 Å². The summed E-state index contributed by atoms with van der Waals surface area (Å²) in [4.78, 5) is 35.2. The van der Waals surface area contributed by atoms with Crippen molar-refractivity contribution in [3.63, 3.8) is 0 Å². The standard InChI is InChI=1S/C21H33N5O3.ClH/c27-18(16-21(17-19(28)29)6-1-2-7-21)22-8-3-4-11-25-12-14-26(15-13-25)20-23-9-5-10-24-20;/h5,9-10H,1-4,6-8,11-17H2,(H,22,27)(H,28,29);1H/i3D2,4D2,8D2,11D2;. The van der Waals surface area contributed by atoms with Gasteiger partial charge >= 0.3 is 5.97 Å². The minimum Gasteiger partial charge on any atom is -0.481 e. The maximum Gasteiger partial charge on any atom is 0.303 e. The van der Waals surface area contributed by atoms with Gasteiger partial charge in [0.2, 0.25) is 11.9 Å². The van der Waals surface area contributed by atoms with Crippen LogP contribution < -0.4 is 10.2 Å². The molecular formula is C21H34ClN5O3. The van der Waals surface area contributed by atoms with E-state index in [4.69, 9.17) is 11.0 Å². The molecule has 0 unspecified atom stereocenters. The summed E-state index contributed by atoms with van der Waals surface area (Å²) in [6.07, 6.45) is -2.00. The first-order chi connectivity index (χ1) is 17.0. The number of hydrogen-bond acceptors (Lipinski definition) is 6. The first-order valence-electron chi connectivity index (χ1n) is 13.8. The third-order valence-electron chi connectivity index (χ3n) is 5.38. The lowest BCUT2D eigenvalue weighted by atomic mass is 9.79. The van der Waals surface area contributed by atoms with Crippen LogP contribution in [0.4, 0.5) is 5.95 Å². The minimum absolute atomic E-state index is 0. The monoisotopic (exact) mass is 447 g/mol. The van der Waals surface area contributed by atoms with Crippen LogP contribution in [-0.4, -0.2) is 71.0 Å². The van der Waals surface area contributed by atoms with E-state index in [0.717, 1.165) is 17.7 Å². The summed E-state index contributed by atoms with van der Waals surface area (Å²) in [7, 11) is 0. The third kappa shape index (κ3) is 7.40.